The van der Waals surface area contributed by atoms with Gasteiger partial charge in [-0.15, -0.1) is 11.8 Å². The Kier molecular flexibility index (Phi) is 6.08. The fourth-order valence-electron chi connectivity index (χ4n) is 4.11. The van der Waals surface area contributed by atoms with Crippen molar-refractivity contribution in [2.45, 2.75) is 35.4 Å². The Morgan fingerprint density at radius 2 is 1.77 bits per heavy atom. The monoisotopic (exact) mass is 437 g/mol. The highest BCUT2D eigenvalue weighted by molar-refractivity contribution is 7.99. The summed E-state index contributed by atoms with van der Waals surface area (Å²) in [5.74, 6) is -2.34. The third kappa shape index (κ3) is 4.34. The highest BCUT2D eigenvalue weighted by Crippen LogP contribution is 2.45. The summed E-state index contributed by atoms with van der Waals surface area (Å²) in [4.78, 5) is 52.6. The van der Waals surface area contributed by atoms with Crippen LogP contribution in [0.3, 0.4) is 0 Å². The van der Waals surface area contributed by atoms with Crippen LogP contribution in [0.15, 0.2) is 59.5 Å². The van der Waals surface area contributed by atoms with E-state index in [0.717, 1.165) is 10.5 Å². The van der Waals surface area contributed by atoms with Crippen molar-refractivity contribution >= 4 is 41.0 Å². The van der Waals surface area contributed by atoms with Crippen LogP contribution in [0.1, 0.15) is 30.1 Å². The zero-order valence-electron chi connectivity index (χ0n) is 16.8. The van der Waals surface area contributed by atoms with Gasteiger partial charge in [0.1, 0.15) is 18.4 Å². The van der Waals surface area contributed by atoms with E-state index in [0.29, 0.717) is 24.9 Å². The molecular formula is C23H23N3O4S. The number of carbonyl (C=O) groups is 4. The number of ketones is 1. The molecule has 1 saturated carbocycles. The minimum absolute atomic E-state index is 0.0974. The van der Waals surface area contributed by atoms with Crippen LogP contribution >= 0.6 is 11.8 Å². The van der Waals surface area contributed by atoms with Crippen LogP contribution in [0.4, 0.5) is 5.69 Å². The maximum atomic E-state index is 13.7. The topological polar surface area (TPSA) is 110 Å². The molecule has 2 aromatic rings. The number of Topliss-reactive ketones (excluding diaryl/α,β-unsaturated/α-hetero) is 1. The molecule has 1 aliphatic carbocycles. The number of nitrogens with one attached hydrogen (secondary N) is 1. The average molecular weight is 438 g/mol. The van der Waals surface area contributed by atoms with Gasteiger partial charge >= 0.3 is 0 Å². The van der Waals surface area contributed by atoms with E-state index in [1.165, 1.54) is 16.7 Å². The first-order valence-corrected chi connectivity index (χ1v) is 11.1. The van der Waals surface area contributed by atoms with Crippen molar-refractivity contribution in [3.8, 4) is 0 Å². The summed E-state index contributed by atoms with van der Waals surface area (Å²) in [6, 6.07) is 15.7. The van der Waals surface area contributed by atoms with Crippen LogP contribution in [-0.4, -0.2) is 36.1 Å². The van der Waals surface area contributed by atoms with E-state index in [1.807, 2.05) is 42.5 Å². The lowest BCUT2D eigenvalue weighted by molar-refractivity contribution is -0.135. The SMILES string of the molecule is NC(=O)CN1C(=O)[C@@H](NC(=O)C2CCCC2=O)[C@H](c2ccccc2)Sc2ccccc21. The summed E-state index contributed by atoms with van der Waals surface area (Å²) < 4.78 is 0. The molecule has 0 spiro atoms. The summed E-state index contributed by atoms with van der Waals surface area (Å²) in [5.41, 5.74) is 6.87. The van der Waals surface area contributed by atoms with Gasteiger partial charge in [-0.2, -0.15) is 0 Å². The third-order valence-corrected chi connectivity index (χ3v) is 7.00. The molecule has 1 fully saturated rings. The van der Waals surface area contributed by atoms with E-state index in [2.05, 4.69) is 5.32 Å². The standard InChI is InChI=1S/C23H23N3O4S/c24-19(28)13-26-16-10-4-5-12-18(16)31-21(14-7-2-1-3-8-14)20(23(26)30)25-22(29)15-9-6-11-17(15)27/h1-5,7-8,10,12,15,20-21H,6,9,11,13H2,(H2,24,28)(H,25,29)/t15?,20-,21-/m0/s1. The van der Waals surface area contributed by atoms with Crippen LogP contribution in [0, 0.1) is 5.92 Å². The van der Waals surface area contributed by atoms with Crippen LogP contribution in [0.25, 0.3) is 0 Å². The molecule has 3 atom stereocenters. The maximum absolute atomic E-state index is 13.7. The van der Waals surface area contributed by atoms with Gasteiger partial charge in [0.15, 0.2) is 0 Å². The number of primary amides is 1. The number of carbonyl (C=O) groups excluding carboxylic acids is 4. The van der Waals surface area contributed by atoms with E-state index in [1.54, 1.807) is 12.1 Å². The van der Waals surface area contributed by atoms with Crippen molar-refractivity contribution in [2.75, 3.05) is 11.4 Å². The number of para-hydroxylation sites is 1. The van der Waals surface area contributed by atoms with E-state index < -0.39 is 34.9 Å². The van der Waals surface area contributed by atoms with Crippen molar-refractivity contribution in [3.63, 3.8) is 0 Å². The molecule has 4 rings (SSSR count). The molecule has 7 nitrogen and oxygen atoms in total. The first-order chi connectivity index (χ1) is 15.0. The molecule has 1 heterocycles. The van der Waals surface area contributed by atoms with Crippen molar-refractivity contribution in [1.29, 1.82) is 0 Å². The molecule has 1 unspecified atom stereocenters. The second-order valence-electron chi connectivity index (χ2n) is 7.70. The Bertz CT molecular complexity index is 1030. The van der Waals surface area contributed by atoms with Crippen molar-refractivity contribution < 1.29 is 19.2 Å². The summed E-state index contributed by atoms with van der Waals surface area (Å²) in [5, 5.41) is 2.41. The Morgan fingerprint density at radius 3 is 2.45 bits per heavy atom. The van der Waals surface area contributed by atoms with Gasteiger partial charge < -0.3 is 16.0 Å². The van der Waals surface area contributed by atoms with Gasteiger partial charge in [-0.1, -0.05) is 42.5 Å². The Hall–Kier alpha value is -3.13. The van der Waals surface area contributed by atoms with E-state index >= 15 is 0 Å². The van der Waals surface area contributed by atoms with E-state index in [9.17, 15) is 19.2 Å². The minimum Gasteiger partial charge on any atom is -0.368 e. The molecule has 31 heavy (non-hydrogen) atoms. The van der Waals surface area contributed by atoms with Gasteiger partial charge in [0.25, 0.3) is 5.91 Å². The first-order valence-electron chi connectivity index (χ1n) is 10.2. The number of nitrogens with two attached hydrogens (primary N) is 1. The number of hydrogen-bond donors (Lipinski definition) is 2. The summed E-state index contributed by atoms with van der Waals surface area (Å²) in [6.45, 7) is -0.299. The minimum atomic E-state index is -0.958. The molecule has 0 bridgehead atoms. The molecule has 3 N–H and O–H groups in total. The molecule has 2 aromatic carbocycles. The number of thioether (sulfide) groups is 1. The summed E-state index contributed by atoms with van der Waals surface area (Å²) in [7, 11) is 0. The van der Waals surface area contributed by atoms with Crippen molar-refractivity contribution in [1.82, 2.24) is 5.32 Å². The number of amides is 3. The summed E-state index contributed by atoms with van der Waals surface area (Å²) in [6.07, 6.45) is 1.54. The fourth-order valence-corrected chi connectivity index (χ4v) is 5.45. The van der Waals surface area contributed by atoms with E-state index in [4.69, 9.17) is 5.73 Å². The van der Waals surface area contributed by atoms with Gasteiger partial charge in [0.2, 0.25) is 11.8 Å². The van der Waals surface area contributed by atoms with E-state index in [-0.39, 0.29) is 12.3 Å². The molecule has 1 aliphatic heterocycles. The molecule has 8 heteroatoms. The van der Waals surface area contributed by atoms with Crippen LogP contribution in [0.2, 0.25) is 0 Å². The zero-order chi connectivity index (χ0) is 22.0. The Labute approximate surface area is 184 Å². The third-order valence-electron chi connectivity index (χ3n) is 5.61. The predicted molar refractivity (Wildman–Crippen MR) is 117 cm³/mol. The Morgan fingerprint density at radius 1 is 1.06 bits per heavy atom. The molecule has 0 radical (unpaired) electrons. The average Bonchev–Trinajstić information content (AvgIpc) is 3.16. The molecule has 160 valence electrons. The zero-order valence-corrected chi connectivity index (χ0v) is 17.6. The number of anilines is 1. The first kappa shape index (κ1) is 21.1. The van der Waals surface area contributed by atoms with Gasteiger partial charge in [-0.05, 0) is 30.5 Å². The predicted octanol–water partition coefficient (Wildman–Crippen LogP) is 2.21. The number of benzene rings is 2. The molecule has 0 aromatic heterocycles. The fraction of sp³-hybridized carbons (Fsp3) is 0.304. The van der Waals surface area contributed by atoms with Gasteiger partial charge in [0.05, 0.1) is 16.9 Å². The largest absolute Gasteiger partial charge is 0.368 e. The van der Waals surface area contributed by atoms with Gasteiger partial charge in [0, 0.05) is 11.3 Å². The highest BCUT2D eigenvalue weighted by atomic mass is 32.2. The smallest absolute Gasteiger partial charge is 0.251 e. The molecular weight excluding hydrogens is 414 g/mol. The maximum Gasteiger partial charge on any atom is 0.251 e. The summed E-state index contributed by atoms with van der Waals surface area (Å²) >= 11 is 1.44. The molecule has 2 aliphatic rings. The van der Waals surface area contributed by atoms with Crippen LogP contribution in [-0.2, 0) is 19.2 Å². The second-order valence-corrected chi connectivity index (χ2v) is 8.89. The number of hydrogen-bond acceptors (Lipinski definition) is 5. The Balaban J connectivity index is 1.76. The lowest BCUT2D eigenvalue weighted by atomic mass is 10.0. The van der Waals surface area contributed by atoms with Crippen LogP contribution in [0.5, 0.6) is 0 Å². The van der Waals surface area contributed by atoms with Gasteiger partial charge in [-0.3, -0.25) is 19.2 Å². The quantitative estimate of drug-likeness (QED) is 0.697. The number of fused-ring (bicyclic) bond motifs is 1. The van der Waals surface area contributed by atoms with Crippen molar-refractivity contribution in [2.24, 2.45) is 11.7 Å². The lowest BCUT2D eigenvalue weighted by Gasteiger charge is -2.28. The lowest BCUT2D eigenvalue weighted by Crippen LogP contribution is -2.53. The molecule has 3 amide bonds. The van der Waals surface area contributed by atoms with Crippen LogP contribution < -0.4 is 16.0 Å². The highest BCUT2D eigenvalue weighted by Gasteiger charge is 2.42. The number of nitrogens with zero attached hydrogens (tertiary/aromatic N) is 1. The second kappa shape index (κ2) is 8.93. The molecule has 0 saturated heterocycles. The van der Waals surface area contributed by atoms with Crippen molar-refractivity contribution in [3.05, 3.63) is 60.2 Å². The van der Waals surface area contributed by atoms with Gasteiger partial charge in [-0.25, -0.2) is 0 Å². The number of rotatable bonds is 5. The normalized spacial score (nSPS) is 23.2.